The zero-order valence-corrected chi connectivity index (χ0v) is 15.3. The van der Waals surface area contributed by atoms with Crippen molar-refractivity contribution in [3.05, 3.63) is 23.4 Å². The number of thiophene rings is 1. The predicted molar refractivity (Wildman–Crippen MR) is 91.0 cm³/mol. The second-order valence-electron chi connectivity index (χ2n) is 6.42. The quantitative estimate of drug-likeness (QED) is 0.904. The number of rotatable bonds is 4. The van der Waals surface area contributed by atoms with Crippen molar-refractivity contribution < 1.29 is 12.9 Å². The van der Waals surface area contributed by atoms with Crippen molar-refractivity contribution in [2.45, 2.75) is 56.7 Å². The van der Waals surface area contributed by atoms with Crippen molar-refractivity contribution >= 4 is 21.4 Å². The van der Waals surface area contributed by atoms with Crippen LogP contribution in [0.25, 0.3) is 10.6 Å². The molecular formula is C16H22N2O3S2. The molecule has 5 nitrogen and oxygen atoms in total. The molecule has 2 aromatic heterocycles. The zero-order chi connectivity index (χ0) is 16.6. The Hall–Kier alpha value is -1.18. The monoisotopic (exact) mass is 354 g/mol. The van der Waals surface area contributed by atoms with Crippen LogP contribution in [0, 0.1) is 19.8 Å². The average Bonchev–Trinajstić information content (AvgIpc) is 3.10. The topological polar surface area (TPSA) is 72.2 Å². The molecular weight excluding hydrogens is 332 g/mol. The first-order chi connectivity index (χ1) is 10.9. The van der Waals surface area contributed by atoms with E-state index in [1.807, 2.05) is 13.8 Å². The third-order valence-electron chi connectivity index (χ3n) is 4.56. The van der Waals surface area contributed by atoms with Crippen molar-refractivity contribution in [3.63, 3.8) is 0 Å². The fourth-order valence-corrected chi connectivity index (χ4v) is 5.55. The smallest absolute Gasteiger partial charge is 0.250 e. The second kappa shape index (κ2) is 6.37. The first kappa shape index (κ1) is 16.7. The number of nitrogens with one attached hydrogen (secondary N) is 1. The van der Waals surface area contributed by atoms with Gasteiger partial charge in [-0.2, -0.15) is 0 Å². The normalized spacial score (nSPS) is 22.4. The van der Waals surface area contributed by atoms with Crippen LogP contribution in [0.1, 0.15) is 43.9 Å². The first-order valence-corrected chi connectivity index (χ1v) is 10.2. The molecule has 0 spiro atoms. The van der Waals surface area contributed by atoms with Gasteiger partial charge in [0.2, 0.25) is 10.0 Å². The number of nitrogens with zero attached hydrogens (tertiary/aromatic N) is 1. The summed E-state index contributed by atoms with van der Waals surface area (Å²) in [6.45, 7) is 6.02. The highest BCUT2D eigenvalue weighted by molar-refractivity contribution is 7.91. The van der Waals surface area contributed by atoms with Gasteiger partial charge in [0.1, 0.15) is 4.21 Å². The van der Waals surface area contributed by atoms with Crippen molar-refractivity contribution in [1.29, 1.82) is 0 Å². The van der Waals surface area contributed by atoms with E-state index in [0.29, 0.717) is 15.9 Å². The molecule has 1 saturated carbocycles. The van der Waals surface area contributed by atoms with Crippen molar-refractivity contribution in [3.8, 4) is 10.6 Å². The van der Waals surface area contributed by atoms with Crippen molar-refractivity contribution in [1.82, 2.24) is 9.88 Å². The molecule has 0 aromatic carbocycles. The van der Waals surface area contributed by atoms with Crippen LogP contribution in [-0.2, 0) is 10.0 Å². The highest BCUT2D eigenvalue weighted by Crippen LogP contribution is 2.34. The summed E-state index contributed by atoms with van der Waals surface area (Å²) in [5.41, 5.74) is 1.78. The number of sulfonamides is 1. The van der Waals surface area contributed by atoms with E-state index in [1.165, 1.54) is 11.3 Å². The lowest BCUT2D eigenvalue weighted by Gasteiger charge is -2.26. The molecule has 0 bridgehead atoms. The Bertz CT molecular complexity index is 784. The van der Waals surface area contributed by atoms with Gasteiger partial charge in [-0.1, -0.05) is 12.1 Å². The molecule has 1 N–H and O–H groups in total. The summed E-state index contributed by atoms with van der Waals surface area (Å²) >= 11 is 1.23. The summed E-state index contributed by atoms with van der Waals surface area (Å²) in [5.74, 6) is 1.35. The Morgan fingerprint density at radius 3 is 2.52 bits per heavy atom. The minimum absolute atomic E-state index is 0.0519. The Balaban J connectivity index is 1.77. The average molecular weight is 354 g/mol. The third-order valence-corrected chi connectivity index (χ3v) is 7.66. The van der Waals surface area contributed by atoms with Crippen LogP contribution in [0.4, 0.5) is 0 Å². The van der Waals surface area contributed by atoms with Crippen LogP contribution in [0.15, 0.2) is 20.9 Å². The second-order valence-corrected chi connectivity index (χ2v) is 9.44. The van der Waals surface area contributed by atoms with Crippen molar-refractivity contribution in [2.24, 2.45) is 5.92 Å². The third kappa shape index (κ3) is 3.51. The summed E-state index contributed by atoms with van der Waals surface area (Å²) in [4.78, 5) is 0.792. The van der Waals surface area contributed by atoms with Crippen molar-refractivity contribution in [2.75, 3.05) is 0 Å². The summed E-state index contributed by atoms with van der Waals surface area (Å²) in [6.07, 6.45) is 4.00. The lowest BCUT2D eigenvalue weighted by Crippen LogP contribution is -2.36. The van der Waals surface area contributed by atoms with E-state index < -0.39 is 10.0 Å². The Labute approximate surface area is 141 Å². The van der Waals surface area contributed by atoms with Gasteiger partial charge in [0, 0.05) is 11.6 Å². The molecule has 2 heterocycles. The summed E-state index contributed by atoms with van der Waals surface area (Å²) in [6, 6.07) is 3.48. The summed E-state index contributed by atoms with van der Waals surface area (Å²) in [7, 11) is -3.46. The molecule has 0 aliphatic heterocycles. The van der Waals surface area contributed by atoms with Gasteiger partial charge in [0.05, 0.1) is 10.6 Å². The molecule has 0 atom stereocenters. The van der Waals surface area contributed by atoms with Crippen LogP contribution in [0.2, 0.25) is 0 Å². The van der Waals surface area contributed by atoms with Gasteiger partial charge < -0.3 is 4.52 Å². The Morgan fingerprint density at radius 1 is 1.22 bits per heavy atom. The van der Waals surface area contributed by atoms with E-state index in [1.54, 1.807) is 12.1 Å². The van der Waals surface area contributed by atoms with E-state index in [9.17, 15) is 8.42 Å². The molecule has 0 unspecified atom stereocenters. The van der Waals surface area contributed by atoms with Gasteiger partial charge in [0.15, 0.2) is 5.76 Å². The van der Waals surface area contributed by atoms with Gasteiger partial charge in [-0.05, 0) is 57.6 Å². The number of hydrogen-bond donors (Lipinski definition) is 1. The zero-order valence-electron chi connectivity index (χ0n) is 13.6. The van der Waals surface area contributed by atoms with Gasteiger partial charge >= 0.3 is 0 Å². The molecule has 2 aromatic rings. The van der Waals surface area contributed by atoms with E-state index in [4.69, 9.17) is 4.52 Å². The van der Waals surface area contributed by atoms with Crippen LogP contribution in [-0.4, -0.2) is 19.6 Å². The highest BCUT2D eigenvalue weighted by atomic mass is 32.2. The molecule has 7 heteroatoms. The Morgan fingerprint density at radius 2 is 1.91 bits per heavy atom. The van der Waals surface area contributed by atoms with Gasteiger partial charge in [-0.15, -0.1) is 11.3 Å². The molecule has 0 saturated heterocycles. The fraction of sp³-hybridized carbons (Fsp3) is 0.562. The summed E-state index contributed by atoms with van der Waals surface area (Å²) < 4.78 is 33.6. The van der Waals surface area contributed by atoms with E-state index in [0.717, 1.165) is 41.8 Å². The number of aryl methyl sites for hydroxylation is 1. The molecule has 23 heavy (non-hydrogen) atoms. The van der Waals surface area contributed by atoms with Crippen LogP contribution in [0.5, 0.6) is 0 Å². The summed E-state index contributed by atoms with van der Waals surface area (Å²) in [5, 5.41) is 3.93. The van der Waals surface area contributed by atoms with Gasteiger partial charge in [0.25, 0.3) is 0 Å². The minimum atomic E-state index is -3.46. The molecule has 1 aliphatic carbocycles. The molecule has 3 rings (SSSR count). The molecule has 126 valence electrons. The maximum Gasteiger partial charge on any atom is 0.250 e. The maximum absolute atomic E-state index is 12.6. The standard InChI is InChI=1S/C16H22N2O3S2/c1-10-4-6-13(7-5-10)18-23(19,20)15-9-8-14(22-15)16-11(2)12(3)17-21-16/h8-10,13,18H,4-7H2,1-3H3. The van der Waals surface area contributed by atoms with E-state index in [2.05, 4.69) is 16.8 Å². The van der Waals surface area contributed by atoms with E-state index in [-0.39, 0.29) is 6.04 Å². The predicted octanol–water partition coefficient (Wildman–Crippen LogP) is 3.88. The lowest BCUT2D eigenvalue weighted by atomic mass is 9.88. The number of hydrogen-bond acceptors (Lipinski definition) is 5. The maximum atomic E-state index is 12.6. The minimum Gasteiger partial charge on any atom is -0.355 e. The molecule has 1 fully saturated rings. The van der Waals surface area contributed by atoms with E-state index >= 15 is 0 Å². The number of aromatic nitrogens is 1. The van der Waals surface area contributed by atoms with Crippen LogP contribution >= 0.6 is 11.3 Å². The first-order valence-electron chi connectivity index (χ1n) is 7.92. The van der Waals surface area contributed by atoms with Gasteiger partial charge in [-0.3, -0.25) is 0 Å². The van der Waals surface area contributed by atoms with Gasteiger partial charge in [-0.25, -0.2) is 13.1 Å². The highest BCUT2D eigenvalue weighted by Gasteiger charge is 2.26. The lowest BCUT2D eigenvalue weighted by molar-refractivity contribution is 0.332. The SMILES string of the molecule is Cc1noc(-c2ccc(S(=O)(=O)NC3CCC(C)CC3)s2)c1C. The fourth-order valence-electron chi connectivity index (χ4n) is 2.89. The van der Waals surface area contributed by atoms with Crippen LogP contribution in [0.3, 0.4) is 0 Å². The molecule has 1 aliphatic rings. The molecule has 0 radical (unpaired) electrons. The molecule has 0 amide bonds. The Kier molecular flexibility index (Phi) is 4.62. The van der Waals surface area contributed by atoms with Crippen LogP contribution < -0.4 is 4.72 Å². The largest absolute Gasteiger partial charge is 0.355 e.